The number of hydrogen-bond acceptors (Lipinski definition) is 18. The van der Waals surface area contributed by atoms with Crippen LogP contribution < -0.4 is 5.32 Å². The molecule has 0 spiro atoms. The van der Waals surface area contributed by atoms with Crippen molar-refractivity contribution in [1.29, 1.82) is 0 Å². The van der Waals surface area contributed by atoms with Crippen molar-refractivity contribution in [1.82, 2.24) is 5.32 Å². The first kappa shape index (κ1) is 61.3. The molecule has 19 nitrogen and oxygen atoms in total. The van der Waals surface area contributed by atoms with Gasteiger partial charge in [0.05, 0.1) is 38.6 Å². The number of carbonyl (C=O) groups excluding carboxylic acids is 1. The summed E-state index contributed by atoms with van der Waals surface area (Å²) in [4.78, 5) is 13.1. The molecule has 400 valence electrons. The quantitative estimate of drug-likeness (QED) is 0.0334. The molecule has 17 unspecified atom stereocenters. The summed E-state index contributed by atoms with van der Waals surface area (Å²) in [6.07, 6.45) is 12.1. The van der Waals surface area contributed by atoms with Crippen LogP contribution in [0.1, 0.15) is 97.3 Å². The molecule has 19 heteroatoms. The second-order valence-corrected chi connectivity index (χ2v) is 17.5. The van der Waals surface area contributed by atoms with Gasteiger partial charge >= 0.3 is 0 Å². The number of rotatable bonds is 32. The van der Waals surface area contributed by atoms with Crippen LogP contribution in [-0.2, 0) is 33.2 Å². The van der Waals surface area contributed by atoms with E-state index in [1.807, 2.05) is 18.2 Å². The van der Waals surface area contributed by atoms with Gasteiger partial charge in [0.2, 0.25) is 5.91 Å². The van der Waals surface area contributed by atoms with Gasteiger partial charge in [0.1, 0.15) is 73.2 Å². The maximum absolute atomic E-state index is 13.1. The second kappa shape index (κ2) is 35.2. The SMILES string of the molecule is CC/C=C\C/C=C\C/C=C\C/C=C\C/C=C\CC(=O)NC(COC1OC(CO)C(OC2OC(CO)C(OC3OC(CO)C(O)C(O)C3O)C(O)C2O)C(O)C1O)C(O)/C=C/CC/C=C/CCCCCC. The fourth-order valence-corrected chi connectivity index (χ4v) is 7.80. The normalized spacial score (nSPS) is 33.3. The lowest BCUT2D eigenvalue weighted by molar-refractivity contribution is -0.379. The minimum Gasteiger partial charge on any atom is -0.394 e. The zero-order valence-corrected chi connectivity index (χ0v) is 40.7. The van der Waals surface area contributed by atoms with E-state index in [0.29, 0.717) is 12.8 Å². The highest BCUT2D eigenvalue weighted by Crippen LogP contribution is 2.33. The third-order valence-corrected chi connectivity index (χ3v) is 12.0. The van der Waals surface area contributed by atoms with E-state index in [1.165, 1.54) is 25.3 Å². The van der Waals surface area contributed by atoms with E-state index in [0.717, 1.165) is 44.9 Å². The minimum absolute atomic E-state index is 0.00206. The van der Waals surface area contributed by atoms with Gasteiger partial charge in [-0.1, -0.05) is 118 Å². The van der Waals surface area contributed by atoms with Crippen molar-refractivity contribution in [3.05, 3.63) is 85.1 Å². The van der Waals surface area contributed by atoms with Crippen LogP contribution >= 0.6 is 0 Å². The van der Waals surface area contributed by atoms with Crippen LogP contribution in [0.15, 0.2) is 85.1 Å². The molecule has 0 aliphatic carbocycles. The molecule has 0 saturated carbocycles. The maximum Gasteiger partial charge on any atom is 0.224 e. The highest BCUT2D eigenvalue weighted by molar-refractivity contribution is 5.77. The van der Waals surface area contributed by atoms with Gasteiger partial charge in [-0.2, -0.15) is 0 Å². The van der Waals surface area contributed by atoms with Gasteiger partial charge in [-0.3, -0.25) is 4.79 Å². The Morgan fingerprint density at radius 2 is 1.00 bits per heavy atom. The number of nitrogens with one attached hydrogen (secondary N) is 1. The zero-order valence-electron chi connectivity index (χ0n) is 40.7. The molecule has 3 rings (SSSR count). The highest BCUT2D eigenvalue weighted by Gasteiger charge is 2.53. The molecule has 0 aromatic heterocycles. The largest absolute Gasteiger partial charge is 0.394 e. The molecule has 3 saturated heterocycles. The summed E-state index contributed by atoms with van der Waals surface area (Å²) >= 11 is 0. The molecule has 0 aromatic rings. The van der Waals surface area contributed by atoms with Gasteiger partial charge in [0, 0.05) is 6.42 Å². The van der Waals surface area contributed by atoms with Gasteiger partial charge in [-0.15, -0.1) is 0 Å². The molecule has 12 N–H and O–H groups in total. The molecular weight excluding hydrogens is 915 g/mol. The lowest BCUT2D eigenvalue weighted by Crippen LogP contribution is -2.66. The average Bonchev–Trinajstić information content (AvgIpc) is 3.35. The van der Waals surface area contributed by atoms with E-state index < -0.39 is 137 Å². The molecule has 0 radical (unpaired) electrons. The first-order valence-corrected chi connectivity index (χ1v) is 24.8. The van der Waals surface area contributed by atoms with Gasteiger partial charge in [-0.05, 0) is 57.8 Å². The monoisotopic (exact) mass is 998 g/mol. The summed E-state index contributed by atoms with van der Waals surface area (Å²) in [6, 6.07) is -1.05. The van der Waals surface area contributed by atoms with E-state index in [2.05, 4.69) is 67.8 Å². The number of allylic oxidation sites excluding steroid dienone is 12. The number of amides is 1. The number of hydrogen-bond donors (Lipinski definition) is 12. The Morgan fingerprint density at radius 3 is 1.54 bits per heavy atom. The van der Waals surface area contributed by atoms with Crippen LogP contribution in [-0.4, -0.2) is 193 Å². The fourth-order valence-electron chi connectivity index (χ4n) is 7.80. The Labute approximate surface area is 412 Å². The summed E-state index contributed by atoms with van der Waals surface area (Å²) in [5.74, 6) is -0.421. The van der Waals surface area contributed by atoms with Crippen molar-refractivity contribution < 1.29 is 89.4 Å². The Kier molecular flexibility index (Phi) is 30.8. The number of unbranched alkanes of at least 4 members (excludes halogenated alkanes) is 5. The number of carbonyl (C=O) groups is 1. The summed E-state index contributed by atoms with van der Waals surface area (Å²) in [5.41, 5.74) is 0. The van der Waals surface area contributed by atoms with Gasteiger partial charge < -0.3 is 89.9 Å². The molecule has 3 aliphatic heterocycles. The van der Waals surface area contributed by atoms with Crippen molar-refractivity contribution in [2.45, 2.75) is 202 Å². The Morgan fingerprint density at radius 1 is 0.529 bits per heavy atom. The van der Waals surface area contributed by atoms with Crippen LogP contribution in [0.2, 0.25) is 0 Å². The average molecular weight is 998 g/mol. The van der Waals surface area contributed by atoms with E-state index in [1.54, 1.807) is 12.2 Å². The van der Waals surface area contributed by atoms with Crippen LogP contribution in [0.4, 0.5) is 0 Å². The van der Waals surface area contributed by atoms with Crippen molar-refractivity contribution in [2.24, 2.45) is 0 Å². The smallest absolute Gasteiger partial charge is 0.224 e. The number of aliphatic hydroxyl groups is 11. The van der Waals surface area contributed by atoms with Crippen molar-refractivity contribution >= 4 is 5.91 Å². The predicted molar refractivity (Wildman–Crippen MR) is 258 cm³/mol. The van der Waals surface area contributed by atoms with Crippen LogP contribution in [0.25, 0.3) is 0 Å². The van der Waals surface area contributed by atoms with E-state index in [4.69, 9.17) is 28.4 Å². The topological polar surface area (TPSA) is 307 Å². The van der Waals surface area contributed by atoms with Crippen LogP contribution in [0, 0.1) is 0 Å². The molecule has 17 atom stereocenters. The Bertz CT molecular complexity index is 1620. The van der Waals surface area contributed by atoms with Gasteiger partial charge in [0.25, 0.3) is 0 Å². The van der Waals surface area contributed by atoms with E-state index in [-0.39, 0.29) is 6.42 Å². The highest BCUT2D eigenvalue weighted by atomic mass is 16.8. The first-order valence-electron chi connectivity index (χ1n) is 24.8. The molecule has 1 amide bonds. The van der Waals surface area contributed by atoms with Crippen molar-refractivity contribution in [3.63, 3.8) is 0 Å². The molecule has 70 heavy (non-hydrogen) atoms. The molecule has 0 aromatic carbocycles. The summed E-state index contributed by atoms with van der Waals surface area (Å²) in [5, 5.41) is 119. The van der Waals surface area contributed by atoms with Crippen molar-refractivity contribution in [3.8, 4) is 0 Å². The molecule has 0 bridgehead atoms. The Hall–Kier alpha value is -3.03. The predicted octanol–water partition coefficient (Wildman–Crippen LogP) is 1.30. The fraction of sp³-hybridized carbons (Fsp3) is 0.706. The van der Waals surface area contributed by atoms with Crippen LogP contribution in [0.3, 0.4) is 0 Å². The molecular formula is C51H83NO18. The maximum atomic E-state index is 13.1. The number of aliphatic hydroxyl groups excluding tert-OH is 11. The first-order chi connectivity index (χ1) is 33.8. The lowest BCUT2D eigenvalue weighted by atomic mass is 9.96. The molecule has 3 fully saturated rings. The third-order valence-electron chi connectivity index (χ3n) is 12.0. The standard InChI is InChI=1S/C51H83NO18/c1-3-5-7-9-11-13-15-16-17-18-19-21-23-25-27-29-39(57)52-34(35(56)28-26-24-22-20-14-12-10-8-6-4-2)33-65-49-45(63)42(60)47(37(31-54)67-49)70-51-46(64)43(61)48(38(32-55)68-51)69-50-44(62)41(59)40(58)36(30-53)66-50/h5,7,11,13-14,16-17,19-21,25-28,34-38,40-51,53-56,58-64H,3-4,6,8-10,12,15,18,22-24,29-33H2,1-2H3,(H,52,57)/b7-5-,13-11-,17-16-,20-14+,21-19-,27-25-,28-26+. The van der Waals surface area contributed by atoms with E-state index in [9.17, 15) is 61.0 Å². The number of ether oxygens (including phenoxy) is 6. The zero-order chi connectivity index (χ0) is 51.3. The molecule has 3 aliphatic rings. The van der Waals surface area contributed by atoms with Crippen LogP contribution in [0.5, 0.6) is 0 Å². The van der Waals surface area contributed by atoms with Crippen molar-refractivity contribution in [2.75, 3.05) is 26.4 Å². The minimum atomic E-state index is -1.99. The lowest BCUT2D eigenvalue weighted by Gasteiger charge is -2.48. The van der Waals surface area contributed by atoms with E-state index >= 15 is 0 Å². The summed E-state index contributed by atoms with van der Waals surface area (Å²) in [6.45, 7) is 1.40. The van der Waals surface area contributed by atoms with Gasteiger partial charge in [0.15, 0.2) is 18.9 Å². The third kappa shape index (κ3) is 20.8. The Balaban J connectivity index is 1.61. The van der Waals surface area contributed by atoms with Gasteiger partial charge in [-0.25, -0.2) is 0 Å². The second-order valence-electron chi connectivity index (χ2n) is 17.5. The molecule has 3 heterocycles. The summed E-state index contributed by atoms with van der Waals surface area (Å²) in [7, 11) is 0. The summed E-state index contributed by atoms with van der Waals surface area (Å²) < 4.78 is 34.0.